The van der Waals surface area contributed by atoms with Crippen LogP contribution in [-0.4, -0.2) is 42.3 Å². The van der Waals surface area contributed by atoms with E-state index < -0.39 is 5.97 Å². The normalized spacial score (nSPS) is 22.8. The molecule has 3 atom stereocenters. The van der Waals surface area contributed by atoms with E-state index in [0.29, 0.717) is 22.6 Å². The molecule has 1 aliphatic carbocycles. The molecule has 2 bridgehead atoms. The Morgan fingerprint density at radius 1 is 1.06 bits per heavy atom. The van der Waals surface area contributed by atoms with Crippen molar-refractivity contribution in [2.75, 3.05) is 21.2 Å². The first kappa shape index (κ1) is 23.0. The Kier molecular flexibility index (Phi) is 6.06. The Hall–Kier alpha value is -2.43. The van der Waals surface area contributed by atoms with Gasteiger partial charge in [0.2, 0.25) is 0 Å². The molecule has 0 spiro atoms. The van der Waals surface area contributed by atoms with Gasteiger partial charge >= 0.3 is 5.97 Å². The van der Waals surface area contributed by atoms with E-state index in [2.05, 4.69) is 23.1 Å². The average molecular weight is 600 g/mol. The van der Waals surface area contributed by atoms with Gasteiger partial charge in [0.1, 0.15) is 5.00 Å². The van der Waals surface area contributed by atoms with Crippen molar-refractivity contribution in [2.24, 2.45) is 0 Å². The second kappa shape index (κ2) is 9.22. The lowest BCUT2D eigenvalue weighted by molar-refractivity contribution is 0.0103. The minimum atomic E-state index is -0.980. The van der Waals surface area contributed by atoms with Crippen LogP contribution in [-0.2, 0) is 17.6 Å². The number of carboxylic acids is 1. The van der Waals surface area contributed by atoms with E-state index in [1.165, 1.54) is 25.6 Å². The highest BCUT2D eigenvalue weighted by atomic mass is 127. The van der Waals surface area contributed by atoms with E-state index in [9.17, 15) is 14.7 Å². The number of carbonyl (C=O) groups is 2. The zero-order valence-electron chi connectivity index (χ0n) is 19.0. The third-order valence-corrected chi connectivity index (χ3v) is 9.75. The van der Waals surface area contributed by atoms with Crippen molar-refractivity contribution in [3.8, 4) is 0 Å². The monoisotopic (exact) mass is 600 g/mol. The maximum Gasteiger partial charge on any atom is 0.339 e. The second-order valence-corrected chi connectivity index (χ2v) is 11.3. The number of morpholine rings is 1. The average Bonchev–Trinajstić information content (AvgIpc) is 3.34. The number of ether oxygens (including phenoxy) is 1. The minimum Gasteiger partial charge on any atom is -0.478 e. The molecule has 8 heteroatoms. The number of hydrogen-bond donors (Lipinski definition) is 1. The summed E-state index contributed by atoms with van der Waals surface area (Å²) in [6.07, 6.45) is 3.84. The zero-order chi connectivity index (χ0) is 24.1. The molecular formula is C27H25IN2O4S. The summed E-state index contributed by atoms with van der Waals surface area (Å²) in [6.45, 7) is 1.51. The fourth-order valence-electron chi connectivity index (χ4n) is 5.73. The molecule has 2 aliphatic heterocycles. The lowest BCUT2D eigenvalue weighted by Gasteiger charge is -2.53. The Labute approximate surface area is 222 Å². The summed E-state index contributed by atoms with van der Waals surface area (Å²) in [6, 6.07) is 16.9. The lowest BCUT2D eigenvalue weighted by Crippen LogP contribution is -2.64. The predicted octanol–water partition coefficient (Wildman–Crippen LogP) is 5.69. The molecule has 1 amide bonds. The maximum atomic E-state index is 13.3. The number of thiophene rings is 1. The highest BCUT2D eigenvalue weighted by Gasteiger charge is 2.42. The van der Waals surface area contributed by atoms with Crippen LogP contribution in [0, 0.1) is 0 Å². The molecule has 35 heavy (non-hydrogen) atoms. The van der Waals surface area contributed by atoms with Crippen LogP contribution in [0.15, 0.2) is 53.9 Å². The molecule has 3 aromatic rings. The highest BCUT2D eigenvalue weighted by Crippen LogP contribution is 2.42. The van der Waals surface area contributed by atoms with Crippen LogP contribution in [0.5, 0.6) is 0 Å². The van der Waals surface area contributed by atoms with Crippen molar-refractivity contribution < 1.29 is 19.4 Å². The Morgan fingerprint density at radius 3 is 2.46 bits per heavy atom. The second-order valence-electron chi connectivity index (χ2n) is 9.51. The first-order valence-electron chi connectivity index (χ1n) is 11.9. The first-order chi connectivity index (χ1) is 17.0. The van der Waals surface area contributed by atoms with Crippen molar-refractivity contribution >= 4 is 56.8 Å². The SMILES string of the molecule is O=C(O)c1c(C2CCc3ccccc3C2)csc1N(I)C(=O)c1ccc(N2C3COCC2C3)cc1. The topological polar surface area (TPSA) is 70.1 Å². The zero-order valence-corrected chi connectivity index (χ0v) is 22.0. The molecule has 1 aromatic heterocycles. The van der Waals surface area contributed by atoms with Gasteiger partial charge in [0.05, 0.1) is 53.7 Å². The molecular weight excluding hydrogens is 575 g/mol. The number of amides is 1. The van der Waals surface area contributed by atoms with Crippen LogP contribution >= 0.6 is 34.2 Å². The van der Waals surface area contributed by atoms with Gasteiger partial charge in [-0.1, -0.05) is 24.3 Å². The van der Waals surface area contributed by atoms with Crippen LogP contribution in [0.2, 0.25) is 0 Å². The van der Waals surface area contributed by atoms with Gasteiger partial charge in [0.25, 0.3) is 5.91 Å². The van der Waals surface area contributed by atoms with Crippen LogP contribution in [0.4, 0.5) is 10.7 Å². The highest BCUT2D eigenvalue weighted by molar-refractivity contribution is 14.1. The third-order valence-electron chi connectivity index (χ3n) is 7.52. The number of aromatic carboxylic acids is 1. The van der Waals surface area contributed by atoms with Gasteiger partial charge in [-0.15, -0.1) is 11.3 Å². The number of fused-ring (bicyclic) bond motifs is 3. The standard InChI is InChI=1S/C27H25IN2O4S/c28-30(25(31)17-7-9-20(10-8-17)29-21-12-22(29)14-34-13-21)26-24(27(32)33)23(15-35-26)19-6-5-16-3-1-2-4-18(16)11-19/h1-4,7-10,15,19,21-22H,5-6,11-14H2,(H,32,33). The lowest BCUT2D eigenvalue weighted by atomic mass is 9.80. The number of aryl methyl sites for hydroxylation is 1. The maximum absolute atomic E-state index is 13.3. The van der Waals surface area contributed by atoms with E-state index in [1.807, 2.05) is 58.6 Å². The summed E-state index contributed by atoms with van der Waals surface area (Å²) >= 11 is 3.28. The van der Waals surface area contributed by atoms with Gasteiger partial charge in [-0.2, -0.15) is 0 Å². The fourth-order valence-corrected chi connectivity index (χ4v) is 7.63. The molecule has 2 aromatic carbocycles. The summed E-state index contributed by atoms with van der Waals surface area (Å²) < 4.78 is 7.03. The van der Waals surface area contributed by atoms with E-state index in [4.69, 9.17) is 4.74 Å². The third kappa shape index (κ3) is 4.05. The summed E-state index contributed by atoms with van der Waals surface area (Å²) in [5, 5.41) is 12.5. The Bertz CT molecular complexity index is 1280. The number of anilines is 2. The number of hydrogen-bond acceptors (Lipinski definition) is 5. The van der Waals surface area contributed by atoms with E-state index in [1.54, 1.807) is 0 Å². The molecule has 0 saturated carbocycles. The number of carboxylic acid groups (broad SMARTS) is 1. The number of benzene rings is 2. The smallest absolute Gasteiger partial charge is 0.339 e. The quantitative estimate of drug-likeness (QED) is 0.301. The van der Waals surface area contributed by atoms with Crippen LogP contribution < -0.4 is 8.01 Å². The Balaban J connectivity index is 1.23. The van der Waals surface area contributed by atoms with E-state index in [0.717, 1.165) is 50.1 Å². The summed E-state index contributed by atoms with van der Waals surface area (Å²) in [4.78, 5) is 28.1. The fraction of sp³-hybridized carbons (Fsp3) is 0.333. The summed E-state index contributed by atoms with van der Waals surface area (Å²) in [7, 11) is 0. The summed E-state index contributed by atoms with van der Waals surface area (Å²) in [5.41, 5.74) is 5.37. The molecule has 3 aliphatic rings. The molecule has 0 radical (unpaired) electrons. The van der Waals surface area contributed by atoms with Crippen molar-refractivity contribution in [3.05, 3.63) is 81.7 Å². The number of rotatable bonds is 5. The van der Waals surface area contributed by atoms with Crippen molar-refractivity contribution in [2.45, 2.75) is 43.7 Å². The van der Waals surface area contributed by atoms with Crippen molar-refractivity contribution in [1.82, 2.24) is 0 Å². The largest absolute Gasteiger partial charge is 0.478 e. The number of carbonyl (C=O) groups excluding carboxylic acids is 1. The first-order valence-corrected chi connectivity index (χ1v) is 13.7. The molecule has 6 nitrogen and oxygen atoms in total. The molecule has 2 fully saturated rings. The molecule has 3 heterocycles. The van der Waals surface area contributed by atoms with Crippen LogP contribution in [0.1, 0.15) is 56.2 Å². The van der Waals surface area contributed by atoms with E-state index in [-0.39, 0.29) is 17.4 Å². The van der Waals surface area contributed by atoms with Gasteiger partial charge in [-0.05, 0) is 77.9 Å². The minimum absolute atomic E-state index is 0.139. The Morgan fingerprint density at radius 2 is 1.77 bits per heavy atom. The van der Waals surface area contributed by atoms with Crippen LogP contribution in [0.3, 0.4) is 0 Å². The molecule has 2 saturated heterocycles. The predicted molar refractivity (Wildman–Crippen MR) is 145 cm³/mol. The molecule has 6 rings (SSSR count). The van der Waals surface area contributed by atoms with Gasteiger partial charge in [-0.3, -0.25) is 4.79 Å². The van der Waals surface area contributed by atoms with Gasteiger partial charge in [0, 0.05) is 11.3 Å². The van der Waals surface area contributed by atoms with Crippen molar-refractivity contribution in [3.63, 3.8) is 0 Å². The number of nitrogens with zero attached hydrogens (tertiary/aromatic N) is 2. The van der Waals surface area contributed by atoms with Gasteiger partial charge in [0.15, 0.2) is 0 Å². The molecule has 1 N–H and O–H groups in total. The van der Waals surface area contributed by atoms with Gasteiger partial charge < -0.3 is 14.7 Å². The molecule has 180 valence electrons. The van der Waals surface area contributed by atoms with Crippen molar-refractivity contribution in [1.29, 1.82) is 0 Å². The van der Waals surface area contributed by atoms with Gasteiger partial charge in [-0.25, -0.2) is 7.91 Å². The van der Waals surface area contributed by atoms with E-state index >= 15 is 0 Å². The molecule has 3 unspecified atom stereocenters. The summed E-state index contributed by atoms with van der Waals surface area (Å²) in [5.74, 6) is -1.05. The van der Waals surface area contributed by atoms with Crippen LogP contribution in [0.25, 0.3) is 0 Å². The number of halogens is 1.